The van der Waals surface area contributed by atoms with Crippen LogP contribution < -0.4 is 5.63 Å². The summed E-state index contributed by atoms with van der Waals surface area (Å²) in [6.45, 7) is 0. The van der Waals surface area contributed by atoms with Crippen LogP contribution in [0.5, 0.6) is 5.75 Å². The van der Waals surface area contributed by atoms with Crippen LogP contribution >= 0.6 is 0 Å². The number of rotatable bonds is 1. The minimum absolute atomic E-state index is 0.0962. The number of para-hydroxylation sites is 1. The normalized spacial score (nSPS) is 10.8. The molecule has 0 atom stereocenters. The van der Waals surface area contributed by atoms with E-state index in [1.54, 1.807) is 30.3 Å². The van der Waals surface area contributed by atoms with Crippen LogP contribution in [0.1, 0.15) is 0 Å². The number of aromatic hydroxyl groups is 1. The van der Waals surface area contributed by atoms with Crippen LogP contribution in [0.2, 0.25) is 0 Å². The molecule has 0 aliphatic rings. The Kier molecular flexibility index (Phi) is 1.98. The second kappa shape index (κ2) is 3.48. The number of hydrogen-bond donors (Lipinski definition) is 2. The summed E-state index contributed by atoms with van der Waals surface area (Å²) in [5.41, 5.74) is 0.298. The lowest BCUT2D eigenvalue weighted by Crippen LogP contribution is -2.03. The zero-order chi connectivity index (χ0) is 11.8. The van der Waals surface area contributed by atoms with Crippen LogP contribution in [0.25, 0.3) is 22.2 Å². The molecule has 2 heterocycles. The van der Waals surface area contributed by atoms with E-state index in [0.717, 1.165) is 0 Å². The Bertz CT molecular complexity index is 729. The fourth-order valence-corrected chi connectivity index (χ4v) is 1.77. The highest BCUT2D eigenvalue weighted by Gasteiger charge is 2.16. The number of H-pyrrole nitrogens is 1. The molecule has 0 unspecified atom stereocenters. The number of nitrogens with one attached hydrogen (secondary N) is 1. The molecule has 0 amide bonds. The summed E-state index contributed by atoms with van der Waals surface area (Å²) < 4.78 is 5.13. The van der Waals surface area contributed by atoms with Gasteiger partial charge in [-0.05, 0) is 18.2 Å². The summed E-state index contributed by atoms with van der Waals surface area (Å²) in [4.78, 5) is 11.8. The van der Waals surface area contributed by atoms with Crippen LogP contribution in [0.4, 0.5) is 0 Å². The lowest BCUT2D eigenvalue weighted by molar-refractivity contribution is 0.471. The topological polar surface area (TPSA) is 79.1 Å². The molecule has 5 nitrogen and oxygen atoms in total. The minimum atomic E-state index is -0.592. The molecule has 5 heteroatoms. The summed E-state index contributed by atoms with van der Waals surface area (Å²) in [6, 6.07) is 8.42. The van der Waals surface area contributed by atoms with E-state index in [1.807, 2.05) is 0 Å². The molecule has 0 saturated carbocycles. The van der Waals surface area contributed by atoms with E-state index in [9.17, 15) is 9.90 Å². The average Bonchev–Trinajstić information content (AvgIpc) is 2.83. The molecule has 0 fully saturated rings. The number of benzene rings is 1. The molecule has 0 bridgehead atoms. The predicted octanol–water partition coefficient (Wildman–Crippen LogP) is 1.89. The van der Waals surface area contributed by atoms with Gasteiger partial charge in [0.1, 0.15) is 16.9 Å². The van der Waals surface area contributed by atoms with Crippen LogP contribution in [-0.4, -0.2) is 15.3 Å². The molecule has 84 valence electrons. The van der Waals surface area contributed by atoms with Gasteiger partial charge in [-0.1, -0.05) is 12.1 Å². The van der Waals surface area contributed by atoms with Gasteiger partial charge in [-0.25, -0.2) is 4.79 Å². The summed E-state index contributed by atoms with van der Waals surface area (Å²) >= 11 is 0. The van der Waals surface area contributed by atoms with E-state index in [2.05, 4.69) is 10.2 Å². The maximum absolute atomic E-state index is 11.8. The van der Waals surface area contributed by atoms with Crippen molar-refractivity contribution < 1.29 is 9.52 Å². The first-order valence-electron chi connectivity index (χ1n) is 5.02. The Labute approximate surface area is 95.3 Å². The highest BCUT2D eigenvalue weighted by atomic mass is 16.4. The van der Waals surface area contributed by atoms with Crippen molar-refractivity contribution in [1.29, 1.82) is 0 Å². The van der Waals surface area contributed by atoms with Crippen molar-refractivity contribution in [3.05, 3.63) is 46.9 Å². The van der Waals surface area contributed by atoms with Gasteiger partial charge in [0.05, 0.1) is 11.1 Å². The lowest BCUT2D eigenvalue weighted by atomic mass is 10.1. The van der Waals surface area contributed by atoms with Gasteiger partial charge in [0.15, 0.2) is 0 Å². The summed E-state index contributed by atoms with van der Waals surface area (Å²) in [5.74, 6) is -0.0962. The second-order valence-corrected chi connectivity index (χ2v) is 3.58. The van der Waals surface area contributed by atoms with Crippen LogP contribution in [0.3, 0.4) is 0 Å². The smallest absolute Gasteiger partial charge is 0.349 e. The third-order valence-electron chi connectivity index (χ3n) is 2.56. The standard InChI is InChI=1S/C12H8N2O3/c15-11-7-3-1-2-4-9(7)17-12(16)10(11)8-5-6-13-14-8/h1-6,15H,(H,13,14). The van der Waals surface area contributed by atoms with Crippen molar-refractivity contribution >= 4 is 11.0 Å². The molecule has 2 N–H and O–H groups in total. The van der Waals surface area contributed by atoms with E-state index in [4.69, 9.17) is 4.42 Å². The SMILES string of the molecule is O=c1oc2ccccc2c(O)c1-c1ccn[nH]1. The maximum Gasteiger partial charge on any atom is 0.349 e. The third kappa shape index (κ3) is 1.40. The third-order valence-corrected chi connectivity index (χ3v) is 2.56. The average molecular weight is 228 g/mol. The van der Waals surface area contributed by atoms with E-state index in [1.165, 1.54) is 6.20 Å². The molecular formula is C12H8N2O3. The van der Waals surface area contributed by atoms with E-state index >= 15 is 0 Å². The van der Waals surface area contributed by atoms with Gasteiger partial charge in [0.2, 0.25) is 0 Å². The zero-order valence-electron chi connectivity index (χ0n) is 8.68. The molecule has 17 heavy (non-hydrogen) atoms. The fourth-order valence-electron chi connectivity index (χ4n) is 1.77. The largest absolute Gasteiger partial charge is 0.506 e. The molecule has 3 aromatic rings. The first-order chi connectivity index (χ1) is 8.27. The molecule has 0 aliphatic heterocycles. The molecule has 2 aromatic heterocycles. The van der Waals surface area contributed by atoms with Gasteiger partial charge in [-0.2, -0.15) is 5.10 Å². The Morgan fingerprint density at radius 3 is 2.82 bits per heavy atom. The highest BCUT2D eigenvalue weighted by Crippen LogP contribution is 2.31. The number of aromatic nitrogens is 2. The summed E-state index contributed by atoms with van der Waals surface area (Å²) in [6.07, 6.45) is 1.50. The maximum atomic E-state index is 11.8. The zero-order valence-corrected chi connectivity index (χ0v) is 8.68. The van der Waals surface area contributed by atoms with Crippen molar-refractivity contribution in [2.75, 3.05) is 0 Å². The highest BCUT2D eigenvalue weighted by molar-refractivity contribution is 5.89. The number of nitrogens with zero attached hydrogens (tertiary/aromatic N) is 1. The molecule has 0 saturated heterocycles. The van der Waals surface area contributed by atoms with E-state index < -0.39 is 5.63 Å². The molecule has 1 aromatic carbocycles. The van der Waals surface area contributed by atoms with Crippen molar-refractivity contribution in [3.8, 4) is 17.0 Å². The fraction of sp³-hybridized carbons (Fsp3) is 0. The van der Waals surface area contributed by atoms with Crippen molar-refractivity contribution in [2.24, 2.45) is 0 Å². The molecule has 3 rings (SSSR count). The Morgan fingerprint density at radius 1 is 1.24 bits per heavy atom. The quantitative estimate of drug-likeness (QED) is 0.623. The van der Waals surface area contributed by atoms with Gasteiger partial charge in [-0.15, -0.1) is 0 Å². The first kappa shape index (κ1) is 9.65. The molecule has 0 aliphatic carbocycles. The van der Waals surface area contributed by atoms with E-state index in [0.29, 0.717) is 16.7 Å². The minimum Gasteiger partial charge on any atom is -0.506 e. The summed E-state index contributed by atoms with van der Waals surface area (Å²) in [7, 11) is 0. The van der Waals surface area contributed by atoms with E-state index in [-0.39, 0.29) is 11.3 Å². The Hall–Kier alpha value is -2.56. The number of fused-ring (bicyclic) bond motifs is 1. The van der Waals surface area contributed by atoms with Crippen molar-refractivity contribution in [1.82, 2.24) is 10.2 Å². The van der Waals surface area contributed by atoms with Gasteiger partial charge in [0, 0.05) is 6.20 Å². The first-order valence-corrected chi connectivity index (χ1v) is 5.02. The van der Waals surface area contributed by atoms with Gasteiger partial charge in [0.25, 0.3) is 0 Å². The predicted molar refractivity (Wildman–Crippen MR) is 61.7 cm³/mol. The number of aromatic amines is 1. The Balaban J connectivity index is 2.44. The van der Waals surface area contributed by atoms with Gasteiger partial charge < -0.3 is 9.52 Å². The molecule has 0 radical (unpaired) electrons. The monoisotopic (exact) mass is 228 g/mol. The van der Waals surface area contributed by atoms with Crippen LogP contribution in [0, 0.1) is 0 Å². The van der Waals surface area contributed by atoms with Crippen molar-refractivity contribution in [3.63, 3.8) is 0 Å². The van der Waals surface area contributed by atoms with Gasteiger partial charge in [-0.3, -0.25) is 5.10 Å². The Morgan fingerprint density at radius 2 is 2.06 bits per heavy atom. The molecular weight excluding hydrogens is 220 g/mol. The van der Waals surface area contributed by atoms with Crippen molar-refractivity contribution in [2.45, 2.75) is 0 Å². The number of hydrogen-bond acceptors (Lipinski definition) is 4. The van der Waals surface area contributed by atoms with Crippen LogP contribution in [0.15, 0.2) is 45.7 Å². The second-order valence-electron chi connectivity index (χ2n) is 3.58. The molecule has 0 spiro atoms. The van der Waals surface area contributed by atoms with Gasteiger partial charge >= 0.3 is 5.63 Å². The lowest BCUT2D eigenvalue weighted by Gasteiger charge is -2.03. The summed E-state index contributed by atoms with van der Waals surface area (Å²) in [5, 5.41) is 17.0. The van der Waals surface area contributed by atoms with Crippen LogP contribution in [-0.2, 0) is 0 Å².